The van der Waals surface area contributed by atoms with E-state index in [9.17, 15) is 4.79 Å². The average Bonchev–Trinajstić information content (AvgIpc) is 3.21. The maximum atomic E-state index is 12.3. The number of anilines is 1. The van der Waals surface area contributed by atoms with Crippen molar-refractivity contribution in [1.82, 2.24) is 19.7 Å². The van der Waals surface area contributed by atoms with Gasteiger partial charge in [0.1, 0.15) is 12.7 Å². The van der Waals surface area contributed by atoms with Gasteiger partial charge in [-0.3, -0.25) is 0 Å². The number of benzene rings is 1. The number of hydrogen-bond acceptors (Lipinski definition) is 4. The van der Waals surface area contributed by atoms with E-state index in [0.717, 1.165) is 30.7 Å². The number of carbonyl (C=O) groups excluding carboxylic acids is 1. The molecule has 1 atom stereocenters. The molecule has 7 heteroatoms. The number of likely N-dealkylation sites (N-methyl/N-ethyl adjacent to an activating group) is 1. The molecule has 1 aromatic carbocycles. The first-order chi connectivity index (χ1) is 11.2. The van der Waals surface area contributed by atoms with Crippen LogP contribution in [0.4, 0.5) is 10.5 Å². The predicted molar refractivity (Wildman–Crippen MR) is 86.2 cm³/mol. The molecule has 0 bridgehead atoms. The number of carbonyl (C=O) groups is 1. The van der Waals surface area contributed by atoms with Gasteiger partial charge in [0.15, 0.2) is 0 Å². The number of urea groups is 1. The van der Waals surface area contributed by atoms with Gasteiger partial charge in [-0.25, -0.2) is 14.5 Å². The first-order valence-corrected chi connectivity index (χ1v) is 7.76. The second-order valence-corrected chi connectivity index (χ2v) is 5.74. The van der Waals surface area contributed by atoms with Crippen LogP contribution in [0, 0.1) is 0 Å². The van der Waals surface area contributed by atoms with Crippen LogP contribution in [0.15, 0.2) is 36.9 Å². The van der Waals surface area contributed by atoms with E-state index >= 15 is 0 Å². The van der Waals surface area contributed by atoms with Crippen molar-refractivity contribution in [1.29, 1.82) is 0 Å². The number of nitrogens with zero attached hydrogens (tertiary/aromatic N) is 4. The molecular formula is C16H21N5O2. The van der Waals surface area contributed by atoms with Crippen LogP contribution in [-0.4, -0.2) is 52.0 Å². The van der Waals surface area contributed by atoms with E-state index in [1.54, 1.807) is 23.0 Å². The summed E-state index contributed by atoms with van der Waals surface area (Å²) in [6, 6.07) is 7.61. The molecule has 7 nitrogen and oxygen atoms in total. The Morgan fingerprint density at radius 1 is 1.52 bits per heavy atom. The highest BCUT2D eigenvalue weighted by molar-refractivity contribution is 5.89. The zero-order valence-corrected chi connectivity index (χ0v) is 13.2. The van der Waals surface area contributed by atoms with Crippen molar-refractivity contribution in [2.45, 2.75) is 25.5 Å². The highest BCUT2D eigenvalue weighted by atomic mass is 16.5. The van der Waals surface area contributed by atoms with Gasteiger partial charge in [0.05, 0.1) is 12.6 Å². The highest BCUT2D eigenvalue weighted by Crippen LogP contribution is 2.15. The first-order valence-electron chi connectivity index (χ1n) is 7.76. The quantitative estimate of drug-likeness (QED) is 0.915. The summed E-state index contributed by atoms with van der Waals surface area (Å²) in [6.45, 7) is 2.03. The lowest BCUT2D eigenvalue weighted by atomic mass is 10.2. The van der Waals surface area contributed by atoms with Crippen LogP contribution in [-0.2, 0) is 11.3 Å². The molecule has 0 unspecified atom stereocenters. The summed E-state index contributed by atoms with van der Waals surface area (Å²) in [4.78, 5) is 17.9. The average molecular weight is 315 g/mol. The second-order valence-electron chi connectivity index (χ2n) is 5.74. The van der Waals surface area contributed by atoms with Gasteiger partial charge in [-0.2, -0.15) is 5.10 Å². The molecule has 3 rings (SSSR count). The number of amides is 2. The third-order valence-electron chi connectivity index (χ3n) is 3.84. The largest absolute Gasteiger partial charge is 0.376 e. The number of ether oxygens (including phenoxy) is 1. The topological polar surface area (TPSA) is 72.3 Å². The lowest BCUT2D eigenvalue weighted by Crippen LogP contribution is -2.37. The molecule has 0 radical (unpaired) electrons. The van der Waals surface area contributed by atoms with Crippen molar-refractivity contribution < 1.29 is 9.53 Å². The normalized spacial score (nSPS) is 17.2. The lowest BCUT2D eigenvalue weighted by Gasteiger charge is -2.21. The Morgan fingerprint density at radius 3 is 3.17 bits per heavy atom. The summed E-state index contributed by atoms with van der Waals surface area (Å²) in [5.41, 5.74) is 1.82. The summed E-state index contributed by atoms with van der Waals surface area (Å²) in [6.07, 6.45) is 5.42. The third kappa shape index (κ3) is 4.29. The van der Waals surface area contributed by atoms with Crippen molar-refractivity contribution in [2.75, 3.05) is 25.5 Å². The van der Waals surface area contributed by atoms with E-state index in [0.29, 0.717) is 13.1 Å². The SMILES string of the molecule is CN(C[C@H]1CCCO1)C(=O)Nc1cccc(Cn2cncn2)c1. The molecular weight excluding hydrogens is 294 g/mol. The van der Waals surface area contributed by atoms with Gasteiger partial charge in [-0.15, -0.1) is 0 Å². The molecule has 1 aliphatic rings. The van der Waals surface area contributed by atoms with E-state index in [4.69, 9.17) is 4.74 Å². The molecule has 1 saturated heterocycles. The zero-order chi connectivity index (χ0) is 16.1. The minimum atomic E-state index is -0.126. The van der Waals surface area contributed by atoms with Crippen LogP contribution in [0.2, 0.25) is 0 Å². The van der Waals surface area contributed by atoms with Gasteiger partial charge in [0.25, 0.3) is 0 Å². The summed E-state index contributed by atoms with van der Waals surface area (Å²) in [7, 11) is 1.79. The zero-order valence-electron chi connectivity index (χ0n) is 13.2. The van der Waals surface area contributed by atoms with E-state index < -0.39 is 0 Å². The fraction of sp³-hybridized carbons (Fsp3) is 0.438. The van der Waals surface area contributed by atoms with Crippen molar-refractivity contribution in [2.24, 2.45) is 0 Å². The van der Waals surface area contributed by atoms with Crippen molar-refractivity contribution in [3.8, 4) is 0 Å². The minimum absolute atomic E-state index is 0.126. The fourth-order valence-electron chi connectivity index (χ4n) is 2.64. The van der Waals surface area contributed by atoms with Crippen LogP contribution in [0.1, 0.15) is 18.4 Å². The summed E-state index contributed by atoms with van der Waals surface area (Å²) < 4.78 is 7.31. The summed E-state index contributed by atoms with van der Waals surface area (Å²) in [5, 5.41) is 7.01. The molecule has 23 heavy (non-hydrogen) atoms. The fourth-order valence-corrected chi connectivity index (χ4v) is 2.64. The Labute approximate surface area is 135 Å². The molecule has 1 N–H and O–H groups in total. The number of aromatic nitrogens is 3. The summed E-state index contributed by atoms with van der Waals surface area (Å²) >= 11 is 0. The Morgan fingerprint density at radius 2 is 2.43 bits per heavy atom. The molecule has 1 fully saturated rings. The number of nitrogens with one attached hydrogen (secondary N) is 1. The van der Waals surface area contributed by atoms with Crippen molar-refractivity contribution in [3.63, 3.8) is 0 Å². The van der Waals surface area contributed by atoms with Gasteiger partial charge in [-0.1, -0.05) is 12.1 Å². The molecule has 0 aliphatic carbocycles. The van der Waals surface area contributed by atoms with Gasteiger partial charge >= 0.3 is 6.03 Å². The Kier molecular flexibility index (Phi) is 4.87. The van der Waals surface area contributed by atoms with Gasteiger partial charge < -0.3 is 15.0 Å². The molecule has 1 aliphatic heterocycles. The van der Waals surface area contributed by atoms with Gasteiger partial charge in [-0.05, 0) is 30.5 Å². The Bertz CT molecular complexity index is 638. The van der Waals surface area contributed by atoms with Crippen LogP contribution in [0.25, 0.3) is 0 Å². The monoisotopic (exact) mass is 315 g/mol. The van der Waals surface area contributed by atoms with Crippen LogP contribution < -0.4 is 5.32 Å². The molecule has 0 spiro atoms. The Hall–Kier alpha value is -2.41. The smallest absolute Gasteiger partial charge is 0.321 e. The maximum absolute atomic E-state index is 12.3. The molecule has 0 saturated carbocycles. The highest BCUT2D eigenvalue weighted by Gasteiger charge is 2.20. The van der Waals surface area contributed by atoms with E-state index in [-0.39, 0.29) is 12.1 Å². The van der Waals surface area contributed by atoms with Crippen molar-refractivity contribution >= 4 is 11.7 Å². The second kappa shape index (κ2) is 7.23. The Balaban J connectivity index is 1.57. The molecule has 122 valence electrons. The maximum Gasteiger partial charge on any atom is 0.321 e. The molecule has 2 aromatic rings. The standard InChI is InChI=1S/C16H21N5O2/c1-20(10-15-6-3-7-23-15)16(22)19-14-5-2-4-13(8-14)9-21-12-17-11-18-21/h2,4-5,8,11-12,15H,3,6-7,9-10H2,1H3,(H,19,22)/t15-/m1/s1. The van der Waals surface area contributed by atoms with Crippen LogP contribution in [0.3, 0.4) is 0 Å². The van der Waals surface area contributed by atoms with Crippen LogP contribution >= 0.6 is 0 Å². The van der Waals surface area contributed by atoms with Gasteiger partial charge in [0.2, 0.25) is 0 Å². The minimum Gasteiger partial charge on any atom is -0.376 e. The summed E-state index contributed by atoms with van der Waals surface area (Å²) in [5.74, 6) is 0. The molecule has 2 amide bonds. The van der Waals surface area contributed by atoms with Gasteiger partial charge in [0, 0.05) is 25.9 Å². The lowest BCUT2D eigenvalue weighted by molar-refractivity contribution is 0.0894. The first kappa shape index (κ1) is 15.5. The molecule has 1 aromatic heterocycles. The van der Waals surface area contributed by atoms with E-state index in [1.165, 1.54) is 6.33 Å². The van der Waals surface area contributed by atoms with E-state index in [1.807, 2.05) is 24.3 Å². The predicted octanol–water partition coefficient (Wildman–Crippen LogP) is 1.97. The van der Waals surface area contributed by atoms with Crippen molar-refractivity contribution in [3.05, 3.63) is 42.5 Å². The van der Waals surface area contributed by atoms with Crippen LogP contribution in [0.5, 0.6) is 0 Å². The number of hydrogen-bond donors (Lipinski definition) is 1. The molecule has 2 heterocycles. The number of rotatable bonds is 5. The third-order valence-corrected chi connectivity index (χ3v) is 3.84. The van der Waals surface area contributed by atoms with E-state index in [2.05, 4.69) is 15.4 Å².